The van der Waals surface area contributed by atoms with Gasteiger partial charge in [-0.25, -0.2) is 4.90 Å². The number of imide groups is 3. The fourth-order valence-corrected chi connectivity index (χ4v) is 2.19. The van der Waals surface area contributed by atoms with E-state index in [1.165, 1.54) is 6.08 Å². The van der Waals surface area contributed by atoms with Crippen LogP contribution in [0.15, 0.2) is 41.3 Å². The Morgan fingerprint density at radius 1 is 1.24 bits per heavy atom. The summed E-state index contributed by atoms with van der Waals surface area (Å²) in [4.78, 5) is 36.3. The minimum absolute atomic E-state index is 0.291. The second kappa shape index (κ2) is 4.55. The van der Waals surface area contributed by atoms with Crippen LogP contribution < -0.4 is 0 Å². The molecule has 1 aliphatic heterocycles. The Balaban J connectivity index is 2.33. The molecule has 0 atom stereocenters. The van der Waals surface area contributed by atoms with Crippen molar-refractivity contribution in [2.24, 2.45) is 0 Å². The van der Waals surface area contributed by atoms with Gasteiger partial charge in [-0.15, -0.1) is 0 Å². The van der Waals surface area contributed by atoms with E-state index >= 15 is 0 Å². The number of rotatable bonds is 1. The molecular weight excluding hydrogens is 238 g/mol. The standard InChI is InChI=1S/C12H9NO3S/c1-2-9-11(15)13(12(16)17-9)10(14)8-6-4-3-5-7-8/h2-7H,1H3/b9-2+. The van der Waals surface area contributed by atoms with Crippen molar-refractivity contribution in [3.05, 3.63) is 46.9 Å². The van der Waals surface area contributed by atoms with Crippen molar-refractivity contribution in [2.45, 2.75) is 6.92 Å². The molecule has 4 nitrogen and oxygen atoms in total. The van der Waals surface area contributed by atoms with E-state index in [1.807, 2.05) is 0 Å². The van der Waals surface area contributed by atoms with E-state index in [1.54, 1.807) is 37.3 Å². The maximum atomic E-state index is 12.0. The summed E-state index contributed by atoms with van der Waals surface area (Å²) in [6, 6.07) is 8.27. The van der Waals surface area contributed by atoms with Crippen LogP contribution in [0.25, 0.3) is 0 Å². The van der Waals surface area contributed by atoms with Crippen LogP contribution in [-0.4, -0.2) is 22.0 Å². The van der Waals surface area contributed by atoms with E-state index in [0.717, 1.165) is 11.8 Å². The van der Waals surface area contributed by atoms with Gasteiger partial charge in [0.1, 0.15) is 0 Å². The molecule has 1 aromatic rings. The van der Waals surface area contributed by atoms with Crippen LogP contribution in [0.1, 0.15) is 17.3 Å². The number of thioether (sulfide) groups is 1. The number of benzene rings is 1. The molecule has 1 fully saturated rings. The predicted molar refractivity (Wildman–Crippen MR) is 64.4 cm³/mol. The zero-order chi connectivity index (χ0) is 12.4. The Morgan fingerprint density at radius 3 is 2.41 bits per heavy atom. The largest absolute Gasteiger partial charge is 0.300 e. The SMILES string of the molecule is C/C=C1/SC(=O)N(C(=O)c2ccccc2)C1=O. The fourth-order valence-electron chi connectivity index (χ4n) is 1.44. The van der Waals surface area contributed by atoms with E-state index in [2.05, 4.69) is 0 Å². The highest BCUT2D eigenvalue weighted by molar-refractivity contribution is 8.18. The maximum Gasteiger partial charge on any atom is 0.300 e. The van der Waals surface area contributed by atoms with Gasteiger partial charge in [0, 0.05) is 5.56 Å². The molecule has 0 bridgehead atoms. The summed E-state index contributed by atoms with van der Waals surface area (Å²) in [5, 5.41) is -0.544. The second-order valence-corrected chi connectivity index (χ2v) is 4.33. The first kappa shape index (κ1) is 11.6. The van der Waals surface area contributed by atoms with Crippen LogP contribution in [0.5, 0.6) is 0 Å². The van der Waals surface area contributed by atoms with Crippen LogP contribution in [0.2, 0.25) is 0 Å². The molecule has 3 amide bonds. The van der Waals surface area contributed by atoms with Gasteiger partial charge in [-0.2, -0.15) is 0 Å². The van der Waals surface area contributed by atoms with E-state index in [-0.39, 0.29) is 0 Å². The topological polar surface area (TPSA) is 54.5 Å². The van der Waals surface area contributed by atoms with Gasteiger partial charge >= 0.3 is 5.24 Å². The molecule has 17 heavy (non-hydrogen) atoms. The lowest BCUT2D eigenvalue weighted by Gasteiger charge is -2.09. The molecule has 1 aromatic carbocycles. The number of hydrogen-bond donors (Lipinski definition) is 0. The average Bonchev–Trinajstić information content (AvgIpc) is 2.64. The van der Waals surface area contributed by atoms with E-state index in [9.17, 15) is 14.4 Å². The van der Waals surface area contributed by atoms with Crippen LogP contribution in [0.4, 0.5) is 4.79 Å². The first-order chi connectivity index (χ1) is 8.15. The molecule has 1 heterocycles. The molecule has 1 aliphatic rings. The monoisotopic (exact) mass is 247 g/mol. The van der Waals surface area contributed by atoms with Gasteiger partial charge in [0.05, 0.1) is 4.91 Å². The lowest BCUT2D eigenvalue weighted by atomic mass is 10.2. The van der Waals surface area contributed by atoms with Gasteiger partial charge < -0.3 is 0 Å². The number of amides is 3. The number of nitrogens with zero attached hydrogens (tertiary/aromatic N) is 1. The molecule has 1 saturated heterocycles. The summed E-state index contributed by atoms with van der Waals surface area (Å²) in [5.41, 5.74) is 0.326. The first-order valence-corrected chi connectivity index (χ1v) is 5.78. The summed E-state index contributed by atoms with van der Waals surface area (Å²) in [6.07, 6.45) is 1.53. The summed E-state index contributed by atoms with van der Waals surface area (Å²) < 4.78 is 0. The van der Waals surface area contributed by atoms with Gasteiger partial charge in [-0.05, 0) is 30.8 Å². The van der Waals surface area contributed by atoms with Crippen LogP contribution >= 0.6 is 11.8 Å². The van der Waals surface area contributed by atoms with Crippen molar-refractivity contribution >= 4 is 28.8 Å². The lowest BCUT2D eigenvalue weighted by molar-refractivity contribution is -0.120. The Kier molecular flexibility index (Phi) is 3.10. The molecule has 0 aliphatic carbocycles. The zero-order valence-electron chi connectivity index (χ0n) is 9.04. The third-order valence-corrected chi connectivity index (χ3v) is 3.27. The van der Waals surface area contributed by atoms with E-state index in [4.69, 9.17) is 0 Å². The van der Waals surface area contributed by atoms with Gasteiger partial charge in [0.25, 0.3) is 11.8 Å². The first-order valence-electron chi connectivity index (χ1n) is 4.97. The molecule has 0 radical (unpaired) electrons. The van der Waals surface area contributed by atoms with Crippen molar-refractivity contribution in [1.82, 2.24) is 4.90 Å². The van der Waals surface area contributed by atoms with Crippen molar-refractivity contribution in [1.29, 1.82) is 0 Å². The van der Waals surface area contributed by atoms with Crippen LogP contribution in [0.3, 0.4) is 0 Å². The Hall–Kier alpha value is -1.88. The van der Waals surface area contributed by atoms with Crippen LogP contribution in [-0.2, 0) is 4.79 Å². The molecular formula is C12H9NO3S. The summed E-state index contributed by atoms with van der Waals surface area (Å²) in [6.45, 7) is 1.66. The maximum absolute atomic E-state index is 12.0. The lowest BCUT2D eigenvalue weighted by Crippen LogP contribution is -2.34. The molecule has 0 spiro atoms. The van der Waals surface area contributed by atoms with Gasteiger partial charge in [-0.3, -0.25) is 14.4 Å². The van der Waals surface area contributed by atoms with E-state index < -0.39 is 17.1 Å². The molecule has 0 aromatic heterocycles. The molecule has 2 rings (SSSR count). The number of carbonyl (C=O) groups excluding carboxylic acids is 3. The molecule has 0 saturated carbocycles. The molecule has 86 valence electrons. The molecule has 5 heteroatoms. The van der Waals surface area contributed by atoms with Gasteiger partial charge in [0.15, 0.2) is 0 Å². The van der Waals surface area contributed by atoms with Crippen molar-refractivity contribution in [3.63, 3.8) is 0 Å². The van der Waals surface area contributed by atoms with Crippen molar-refractivity contribution < 1.29 is 14.4 Å². The average molecular weight is 247 g/mol. The normalized spacial score (nSPS) is 17.9. The van der Waals surface area contributed by atoms with Crippen LogP contribution in [0, 0.1) is 0 Å². The number of allylic oxidation sites excluding steroid dienone is 1. The summed E-state index contributed by atoms with van der Waals surface area (Å²) >= 11 is 0.782. The van der Waals surface area contributed by atoms with Gasteiger partial charge in [0.2, 0.25) is 0 Å². The molecule has 0 N–H and O–H groups in total. The summed E-state index contributed by atoms with van der Waals surface area (Å²) in [7, 11) is 0. The smallest absolute Gasteiger partial charge is 0.268 e. The minimum atomic E-state index is -0.579. The van der Waals surface area contributed by atoms with Crippen molar-refractivity contribution in [3.8, 4) is 0 Å². The minimum Gasteiger partial charge on any atom is -0.268 e. The Bertz CT molecular complexity index is 522. The highest BCUT2D eigenvalue weighted by Gasteiger charge is 2.39. The van der Waals surface area contributed by atoms with E-state index in [0.29, 0.717) is 15.4 Å². The second-order valence-electron chi connectivity index (χ2n) is 3.33. The third kappa shape index (κ3) is 2.01. The fraction of sp³-hybridized carbons (Fsp3) is 0.0833. The predicted octanol–water partition coefficient (Wildman–Crippen LogP) is 2.43. The van der Waals surface area contributed by atoms with Crippen molar-refractivity contribution in [2.75, 3.05) is 0 Å². The van der Waals surface area contributed by atoms with Gasteiger partial charge in [-0.1, -0.05) is 24.3 Å². The highest BCUT2D eigenvalue weighted by atomic mass is 32.2. The number of carbonyl (C=O) groups is 3. The number of hydrogen-bond acceptors (Lipinski definition) is 4. The Morgan fingerprint density at radius 2 is 1.88 bits per heavy atom. The zero-order valence-corrected chi connectivity index (χ0v) is 9.86. The highest BCUT2D eigenvalue weighted by Crippen LogP contribution is 2.31. The third-order valence-electron chi connectivity index (χ3n) is 2.28. The quantitative estimate of drug-likeness (QED) is 0.565. The summed E-state index contributed by atoms with van der Waals surface area (Å²) in [5.74, 6) is -1.12. The Labute approximate surface area is 102 Å². The molecule has 0 unspecified atom stereocenters.